The quantitative estimate of drug-likeness (QED) is 0.248. The van der Waals surface area contributed by atoms with Crippen LogP contribution in [-0.4, -0.2) is 9.25 Å². The van der Waals surface area contributed by atoms with Gasteiger partial charge in [-0.3, -0.25) is 0 Å². The summed E-state index contributed by atoms with van der Waals surface area (Å²) in [7, 11) is 0. The van der Waals surface area contributed by atoms with Gasteiger partial charge in [0.1, 0.15) is 28.3 Å². The van der Waals surface area contributed by atoms with E-state index < -0.39 is 5.66 Å². The second kappa shape index (κ2) is 5.55. The van der Waals surface area contributed by atoms with E-state index in [0.717, 1.165) is 17.2 Å². The van der Waals surface area contributed by atoms with Crippen LogP contribution in [0.3, 0.4) is 0 Å². The monoisotopic (exact) mass is 486 g/mol. The number of hydrogen-bond donors (Lipinski definition) is 0. The molecule has 4 aliphatic rings. The molecule has 0 saturated carbocycles. The van der Waals surface area contributed by atoms with Crippen LogP contribution in [0, 0.1) is 0 Å². The van der Waals surface area contributed by atoms with Crippen LogP contribution in [0.15, 0.2) is 110 Å². The van der Waals surface area contributed by atoms with Crippen LogP contribution in [-0.2, 0) is 5.66 Å². The molecule has 1 atom stereocenters. The molecule has 0 aliphatic carbocycles. The van der Waals surface area contributed by atoms with E-state index >= 15 is 0 Å². The Morgan fingerprint density at radius 1 is 0.605 bits per heavy atom. The highest BCUT2D eigenvalue weighted by molar-refractivity contribution is 6.17. The van der Waals surface area contributed by atoms with E-state index in [9.17, 15) is 0 Å². The first-order valence-corrected chi connectivity index (χ1v) is 13.0. The van der Waals surface area contributed by atoms with E-state index in [2.05, 4.69) is 128 Å². The van der Waals surface area contributed by atoms with Gasteiger partial charge in [0.2, 0.25) is 6.20 Å². The number of nitrogens with zero attached hydrogens (tertiary/aromatic N) is 4. The summed E-state index contributed by atoms with van der Waals surface area (Å²) in [5, 5.41) is 2.53. The minimum absolute atomic E-state index is 0.613. The molecule has 1 unspecified atom stereocenters. The smallest absolute Gasteiger partial charge is 0.397 e. The van der Waals surface area contributed by atoms with Gasteiger partial charge in [0.15, 0.2) is 11.1 Å². The minimum atomic E-state index is -0.613. The second-order valence-corrected chi connectivity index (χ2v) is 10.6. The zero-order chi connectivity index (χ0) is 24.3. The van der Waals surface area contributed by atoms with Gasteiger partial charge in [0.25, 0.3) is 0 Å². The highest BCUT2D eigenvalue weighted by atomic mass is 16.5. The maximum Gasteiger partial charge on any atom is 0.397 e. The van der Waals surface area contributed by atoms with Crippen LogP contribution in [0.25, 0.3) is 55.6 Å². The number of ether oxygens (including phenoxy) is 1. The van der Waals surface area contributed by atoms with Gasteiger partial charge in [0.05, 0.1) is 18.0 Å². The summed E-state index contributed by atoms with van der Waals surface area (Å²) in [6.45, 7) is 0. The standard InChI is InChI=1S/C33H18N4O/c1-2-8-20-19(7-1)21-9-3-10-22-23-14-15-27-29-31(23)37(30(21)22)32-24(20)11-5-16-34(32)33(29)28-25(12-4-13-26(28)38-27)35-17-6-18-36(33)35/h1-18H/q+2. The Balaban J connectivity index is 1.52. The summed E-state index contributed by atoms with van der Waals surface area (Å²) in [6, 6.07) is 33.1. The van der Waals surface area contributed by atoms with Gasteiger partial charge in [-0.25, -0.2) is 0 Å². The van der Waals surface area contributed by atoms with Crippen LogP contribution < -0.4 is 14.0 Å². The fourth-order valence-corrected chi connectivity index (χ4v) is 7.91. The molecule has 0 fully saturated rings. The first kappa shape index (κ1) is 18.1. The van der Waals surface area contributed by atoms with Gasteiger partial charge in [-0.05, 0) is 53.6 Å². The molecule has 0 amide bonds. The average Bonchev–Trinajstić information content (AvgIpc) is 3.63. The van der Waals surface area contributed by atoms with Crippen molar-refractivity contribution in [2.24, 2.45) is 0 Å². The van der Waals surface area contributed by atoms with E-state index in [1.54, 1.807) is 0 Å². The first-order valence-electron chi connectivity index (χ1n) is 13.0. The first-order chi connectivity index (χ1) is 18.9. The molecule has 3 aromatic heterocycles. The Morgan fingerprint density at radius 3 is 2.34 bits per heavy atom. The third-order valence-corrected chi connectivity index (χ3v) is 9.13. The van der Waals surface area contributed by atoms with Crippen LogP contribution >= 0.6 is 0 Å². The number of hydrogen-bond acceptors (Lipinski definition) is 1. The largest absolute Gasteiger partial charge is 0.456 e. The van der Waals surface area contributed by atoms with Gasteiger partial charge in [0, 0.05) is 22.4 Å². The maximum atomic E-state index is 6.73. The molecule has 4 aromatic carbocycles. The molecule has 4 aliphatic heterocycles. The van der Waals surface area contributed by atoms with Gasteiger partial charge >= 0.3 is 11.5 Å². The molecule has 1 spiro atoms. The van der Waals surface area contributed by atoms with E-state index in [4.69, 9.17) is 4.74 Å². The molecule has 5 heteroatoms. The third-order valence-electron chi connectivity index (χ3n) is 9.13. The Bertz CT molecular complexity index is 2290. The maximum absolute atomic E-state index is 6.73. The number of rotatable bonds is 0. The van der Waals surface area contributed by atoms with E-state index in [0.29, 0.717) is 0 Å². The Kier molecular flexibility index (Phi) is 2.65. The lowest BCUT2D eigenvalue weighted by atomic mass is 9.83. The van der Waals surface area contributed by atoms with Crippen molar-refractivity contribution in [1.82, 2.24) is 9.25 Å². The van der Waals surface area contributed by atoms with Crippen molar-refractivity contribution in [3.63, 3.8) is 0 Å². The molecular weight excluding hydrogens is 468 g/mol. The Labute approximate surface area is 216 Å². The minimum Gasteiger partial charge on any atom is -0.456 e. The van der Waals surface area contributed by atoms with Gasteiger partial charge in [-0.2, -0.15) is 9.13 Å². The number of pyridine rings is 1. The zero-order valence-corrected chi connectivity index (χ0v) is 20.1. The lowest BCUT2D eigenvalue weighted by Gasteiger charge is -2.33. The molecule has 0 radical (unpaired) electrons. The van der Waals surface area contributed by atoms with Crippen LogP contribution in [0.4, 0.5) is 0 Å². The Hall–Kier alpha value is -5.16. The highest BCUT2D eigenvalue weighted by Gasteiger charge is 2.68. The van der Waals surface area contributed by atoms with E-state index in [1.807, 2.05) is 0 Å². The van der Waals surface area contributed by atoms with Crippen LogP contribution in [0.5, 0.6) is 11.5 Å². The number of para-hydroxylation sites is 1. The van der Waals surface area contributed by atoms with Gasteiger partial charge in [-0.15, -0.1) is 4.68 Å². The van der Waals surface area contributed by atoms with Crippen molar-refractivity contribution in [3.8, 4) is 45.3 Å². The highest BCUT2D eigenvalue weighted by Crippen LogP contribution is 2.57. The van der Waals surface area contributed by atoms with Crippen molar-refractivity contribution in [3.05, 3.63) is 121 Å². The molecular formula is C33H18N4O+2. The van der Waals surface area contributed by atoms with E-state index in [1.165, 1.54) is 61.0 Å². The molecule has 174 valence electrons. The van der Waals surface area contributed by atoms with Crippen LogP contribution in [0.2, 0.25) is 0 Å². The Morgan fingerprint density at radius 2 is 1.39 bits per heavy atom. The topological polar surface area (TPSA) is 26.8 Å². The summed E-state index contributed by atoms with van der Waals surface area (Å²) in [5.41, 5.74) is 10.4. The molecule has 7 aromatic rings. The van der Waals surface area contributed by atoms with E-state index in [-0.39, 0.29) is 0 Å². The predicted octanol–water partition coefficient (Wildman–Crippen LogP) is 5.83. The fourth-order valence-electron chi connectivity index (χ4n) is 7.91. The molecule has 0 N–H and O–H groups in total. The summed E-state index contributed by atoms with van der Waals surface area (Å²) in [4.78, 5) is 0. The van der Waals surface area contributed by atoms with Crippen LogP contribution in [0.1, 0.15) is 11.1 Å². The average molecular weight is 487 g/mol. The van der Waals surface area contributed by atoms with Crippen molar-refractivity contribution in [1.29, 1.82) is 0 Å². The van der Waals surface area contributed by atoms with Crippen molar-refractivity contribution in [2.45, 2.75) is 5.66 Å². The second-order valence-electron chi connectivity index (χ2n) is 10.6. The summed E-state index contributed by atoms with van der Waals surface area (Å²) >= 11 is 0. The lowest BCUT2D eigenvalue weighted by Crippen LogP contribution is -2.76. The van der Waals surface area contributed by atoms with Gasteiger partial charge in [-0.1, -0.05) is 47.1 Å². The van der Waals surface area contributed by atoms with Gasteiger partial charge < -0.3 is 4.74 Å². The number of aromatic nitrogens is 4. The predicted molar refractivity (Wildman–Crippen MR) is 143 cm³/mol. The summed E-state index contributed by atoms with van der Waals surface area (Å²) in [5.74, 6) is 3.02. The van der Waals surface area contributed by atoms with Crippen molar-refractivity contribution in [2.75, 3.05) is 0 Å². The number of fused-ring (bicyclic) bond motifs is 6. The van der Waals surface area contributed by atoms with Crippen molar-refractivity contribution < 1.29 is 14.0 Å². The lowest BCUT2D eigenvalue weighted by molar-refractivity contribution is -0.993. The summed E-state index contributed by atoms with van der Waals surface area (Å²) in [6.07, 6.45) is 6.62. The fraction of sp³-hybridized carbons (Fsp3) is 0.0303. The molecule has 11 rings (SSSR count). The summed E-state index contributed by atoms with van der Waals surface area (Å²) < 4.78 is 16.4. The normalized spacial score (nSPS) is 17.8. The molecule has 0 saturated heterocycles. The molecule has 5 nitrogen and oxygen atoms in total. The van der Waals surface area contributed by atoms with Crippen molar-refractivity contribution >= 4 is 21.8 Å². The SMILES string of the molecule is c1ccc2c(c1)-c1ccc[n+]3c1-n1c4c-2cccc4c2ccc4c(c21)C31c2c(cccc2-n2ccc[n+]21)O4. The third kappa shape index (κ3) is 1.60. The zero-order valence-electron chi connectivity index (χ0n) is 20.1. The molecule has 7 heterocycles. The molecule has 38 heavy (non-hydrogen) atoms. The molecule has 0 bridgehead atoms. The number of benzene rings is 4.